The van der Waals surface area contributed by atoms with Gasteiger partial charge >= 0.3 is 12.1 Å². The van der Waals surface area contributed by atoms with Crippen LogP contribution in [0.25, 0.3) is 0 Å². The highest BCUT2D eigenvalue weighted by atomic mass is 19.4. The maximum atomic E-state index is 12.4. The van der Waals surface area contributed by atoms with Gasteiger partial charge < -0.3 is 9.84 Å². The molecule has 0 aromatic carbocycles. The maximum absolute atomic E-state index is 12.4. The summed E-state index contributed by atoms with van der Waals surface area (Å²) in [6, 6.07) is 1.34. The van der Waals surface area contributed by atoms with Gasteiger partial charge in [-0.2, -0.15) is 13.2 Å². The van der Waals surface area contributed by atoms with Gasteiger partial charge in [-0.05, 0) is 19.1 Å². The van der Waals surface area contributed by atoms with Crippen LogP contribution in [0.5, 0.6) is 5.88 Å². The van der Waals surface area contributed by atoms with Crippen LogP contribution in [-0.4, -0.2) is 22.2 Å². The van der Waals surface area contributed by atoms with Crippen molar-refractivity contribution in [1.82, 2.24) is 4.98 Å². The van der Waals surface area contributed by atoms with Crippen LogP contribution in [-0.2, 0) is 6.18 Å². The highest BCUT2D eigenvalue weighted by Crippen LogP contribution is 2.30. The fourth-order valence-corrected chi connectivity index (χ4v) is 1.05. The van der Waals surface area contributed by atoms with Gasteiger partial charge in [-0.15, -0.1) is 6.42 Å². The number of halogens is 3. The van der Waals surface area contributed by atoms with Crippen LogP contribution >= 0.6 is 0 Å². The summed E-state index contributed by atoms with van der Waals surface area (Å²) in [6.07, 6.45) is -0.578. The number of aromatic carboxylic acids is 1. The maximum Gasteiger partial charge on any atom is 0.433 e. The van der Waals surface area contributed by atoms with E-state index in [9.17, 15) is 18.0 Å². The Hall–Kier alpha value is -2.23. The summed E-state index contributed by atoms with van der Waals surface area (Å²) in [4.78, 5) is 13.9. The molecule has 0 spiro atoms. The smallest absolute Gasteiger partial charge is 0.433 e. The molecule has 0 fully saturated rings. The molecule has 18 heavy (non-hydrogen) atoms. The zero-order valence-corrected chi connectivity index (χ0v) is 9.15. The second kappa shape index (κ2) is 4.96. The molecule has 96 valence electrons. The molecule has 1 unspecified atom stereocenters. The Bertz CT molecular complexity index is 505. The average Bonchev–Trinajstić information content (AvgIpc) is 2.27. The number of hydrogen-bond acceptors (Lipinski definition) is 3. The van der Waals surface area contributed by atoms with Crippen LogP contribution in [0.1, 0.15) is 23.0 Å². The zero-order chi connectivity index (χ0) is 13.9. The highest BCUT2D eigenvalue weighted by molar-refractivity contribution is 5.90. The number of terminal acetylenes is 1. The quantitative estimate of drug-likeness (QED) is 0.845. The predicted octanol–water partition coefficient (Wildman–Crippen LogP) is 2.20. The first-order valence-electron chi connectivity index (χ1n) is 4.70. The summed E-state index contributed by atoms with van der Waals surface area (Å²) in [5, 5.41) is 8.79. The first-order chi connectivity index (χ1) is 8.25. The van der Waals surface area contributed by atoms with Gasteiger partial charge in [0, 0.05) is 0 Å². The number of nitrogens with zero attached hydrogens (tertiary/aromatic N) is 1. The van der Waals surface area contributed by atoms with Crippen molar-refractivity contribution < 1.29 is 27.8 Å². The summed E-state index contributed by atoms with van der Waals surface area (Å²) in [5.41, 5.74) is -1.73. The van der Waals surface area contributed by atoms with Crippen molar-refractivity contribution in [1.29, 1.82) is 0 Å². The van der Waals surface area contributed by atoms with Crippen LogP contribution in [0.3, 0.4) is 0 Å². The van der Waals surface area contributed by atoms with Crippen molar-refractivity contribution in [2.45, 2.75) is 19.2 Å². The van der Waals surface area contributed by atoms with E-state index in [1.807, 2.05) is 0 Å². The molecule has 1 heterocycles. The fourth-order valence-electron chi connectivity index (χ4n) is 1.05. The van der Waals surface area contributed by atoms with Gasteiger partial charge in [-0.1, -0.05) is 5.92 Å². The summed E-state index contributed by atoms with van der Waals surface area (Å²) in [5.74, 6) is 0.00248. The Labute approximate surface area is 100 Å². The Morgan fingerprint density at radius 3 is 2.61 bits per heavy atom. The number of alkyl halides is 3. The van der Waals surface area contributed by atoms with E-state index < -0.39 is 35.4 Å². The van der Waals surface area contributed by atoms with E-state index in [0.29, 0.717) is 6.07 Å². The molecule has 1 aromatic rings. The van der Waals surface area contributed by atoms with Crippen molar-refractivity contribution in [2.24, 2.45) is 0 Å². The SMILES string of the molecule is C#CC(C)Oc1nc(C(F)(F)F)ccc1C(=O)O. The van der Waals surface area contributed by atoms with Gasteiger partial charge in [0.2, 0.25) is 5.88 Å². The molecule has 0 amide bonds. The van der Waals surface area contributed by atoms with Gasteiger partial charge in [0.25, 0.3) is 0 Å². The zero-order valence-electron chi connectivity index (χ0n) is 9.15. The summed E-state index contributed by atoms with van der Waals surface area (Å²) >= 11 is 0. The lowest BCUT2D eigenvalue weighted by atomic mass is 10.2. The minimum atomic E-state index is -4.69. The first kappa shape index (κ1) is 13.8. The minimum absolute atomic E-state index is 0.481. The van der Waals surface area contributed by atoms with Crippen molar-refractivity contribution in [3.8, 4) is 18.2 Å². The topological polar surface area (TPSA) is 59.4 Å². The van der Waals surface area contributed by atoms with E-state index in [2.05, 4.69) is 10.9 Å². The molecule has 0 bridgehead atoms. The molecule has 1 atom stereocenters. The summed E-state index contributed by atoms with van der Waals surface area (Å²) in [7, 11) is 0. The van der Waals surface area contributed by atoms with Gasteiger partial charge in [0.1, 0.15) is 11.3 Å². The molecular weight excluding hydrogens is 251 g/mol. The second-order valence-electron chi connectivity index (χ2n) is 3.28. The number of carboxylic acids is 1. The number of ether oxygens (including phenoxy) is 1. The van der Waals surface area contributed by atoms with Crippen molar-refractivity contribution in [3.63, 3.8) is 0 Å². The lowest BCUT2D eigenvalue weighted by Crippen LogP contribution is -2.16. The van der Waals surface area contributed by atoms with Gasteiger partial charge in [-0.3, -0.25) is 0 Å². The normalized spacial score (nSPS) is 12.6. The molecule has 1 N–H and O–H groups in total. The van der Waals surface area contributed by atoms with Gasteiger partial charge in [-0.25, -0.2) is 9.78 Å². The second-order valence-corrected chi connectivity index (χ2v) is 3.28. The molecule has 1 aromatic heterocycles. The lowest BCUT2D eigenvalue weighted by Gasteiger charge is -2.13. The average molecular weight is 259 g/mol. The van der Waals surface area contributed by atoms with E-state index in [0.717, 1.165) is 6.07 Å². The van der Waals surface area contributed by atoms with Gasteiger partial charge in [0.05, 0.1) is 0 Å². The third-order valence-electron chi connectivity index (χ3n) is 1.90. The minimum Gasteiger partial charge on any atom is -0.477 e. The number of carboxylic acid groups (broad SMARTS) is 1. The monoisotopic (exact) mass is 259 g/mol. The Morgan fingerprint density at radius 1 is 1.56 bits per heavy atom. The molecule has 0 aliphatic heterocycles. The van der Waals surface area contributed by atoms with Crippen molar-refractivity contribution >= 4 is 5.97 Å². The fraction of sp³-hybridized carbons (Fsp3) is 0.273. The predicted molar refractivity (Wildman–Crippen MR) is 55.1 cm³/mol. The number of hydrogen-bond donors (Lipinski definition) is 1. The van der Waals surface area contributed by atoms with Crippen LogP contribution in [0.2, 0.25) is 0 Å². The molecule has 4 nitrogen and oxygen atoms in total. The lowest BCUT2D eigenvalue weighted by molar-refractivity contribution is -0.141. The Kier molecular flexibility index (Phi) is 3.81. The molecule has 0 saturated heterocycles. The number of pyridine rings is 1. The van der Waals surface area contributed by atoms with E-state index in [1.165, 1.54) is 6.92 Å². The Morgan fingerprint density at radius 2 is 2.17 bits per heavy atom. The first-order valence-corrected chi connectivity index (χ1v) is 4.70. The number of rotatable bonds is 3. The van der Waals surface area contributed by atoms with Crippen molar-refractivity contribution in [3.05, 3.63) is 23.4 Å². The molecular formula is C11H8F3NO3. The molecule has 7 heteroatoms. The third kappa shape index (κ3) is 3.13. The third-order valence-corrected chi connectivity index (χ3v) is 1.90. The largest absolute Gasteiger partial charge is 0.477 e. The van der Waals surface area contributed by atoms with Gasteiger partial charge in [0.15, 0.2) is 6.10 Å². The van der Waals surface area contributed by atoms with Crippen molar-refractivity contribution in [2.75, 3.05) is 0 Å². The molecule has 0 saturated carbocycles. The van der Waals surface area contributed by atoms with Crippen LogP contribution in [0.4, 0.5) is 13.2 Å². The van der Waals surface area contributed by atoms with E-state index in [4.69, 9.17) is 16.3 Å². The Balaban J connectivity index is 3.25. The highest BCUT2D eigenvalue weighted by Gasteiger charge is 2.34. The summed E-state index contributed by atoms with van der Waals surface area (Å²) < 4.78 is 42.1. The summed E-state index contributed by atoms with van der Waals surface area (Å²) in [6.45, 7) is 1.38. The van der Waals surface area contributed by atoms with Crippen LogP contribution < -0.4 is 4.74 Å². The number of carbonyl (C=O) groups is 1. The molecule has 0 aliphatic rings. The van der Waals surface area contributed by atoms with E-state index in [-0.39, 0.29) is 0 Å². The van der Waals surface area contributed by atoms with E-state index in [1.54, 1.807) is 0 Å². The van der Waals surface area contributed by atoms with Crippen LogP contribution in [0.15, 0.2) is 12.1 Å². The van der Waals surface area contributed by atoms with E-state index >= 15 is 0 Å². The molecule has 1 rings (SSSR count). The standard InChI is InChI=1S/C11H8F3NO3/c1-3-6(2)18-9-7(10(16)17)4-5-8(15-9)11(12,13)14/h1,4-6H,2H3,(H,16,17). The number of aromatic nitrogens is 1. The molecule has 0 radical (unpaired) electrons. The van der Waals surface area contributed by atoms with Crippen LogP contribution in [0, 0.1) is 12.3 Å². The molecule has 0 aliphatic carbocycles.